The molecule has 9 nitrogen and oxygen atoms in total. The lowest BCUT2D eigenvalue weighted by atomic mass is 9.99. The van der Waals surface area contributed by atoms with E-state index in [-0.39, 0.29) is 18.4 Å². The lowest BCUT2D eigenvalue weighted by Gasteiger charge is -2.13. The molecule has 3 heterocycles. The minimum atomic E-state index is -0.713. The fraction of sp³-hybridized carbons (Fsp3) is 0.227. The van der Waals surface area contributed by atoms with Gasteiger partial charge in [0, 0.05) is 6.42 Å². The number of hydrogen-bond donors (Lipinski definition) is 3. The Morgan fingerprint density at radius 3 is 2.58 bits per heavy atom. The van der Waals surface area contributed by atoms with Crippen LogP contribution in [-0.4, -0.2) is 27.2 Å². The SMILES string of the molecule is Cc1cc(C)cc(-n2c(O)c(C3=NNC(c4ccc5c(c4)OCO5)C3)c(=O)[nH]c2=O)c1. The van der Waals surface area contributed by atoms with Gasteiger partial charge >= 0.3 is 5.69 Å². The molecule has 0 radical (unpaired) electrons. The number of aromatic amines is 1. The molecule has 2 aliphatic heterocycles. The first-order chi connectivity index (χ1) is 14.9. The van der Waals surface area contributed by atoms with Crippen molar-refractivity contribution in [1.29, 1.82) is 0 Å². The quantitative estimate of drug-likeness (QED) is 0.597. The van der Waals surface area contributed by atoms with Gasteiger partial charge in [0.15, 0.2) is 11.5 Å². The van der Waals surface area contributed by atoms with E-state index in [1.54, 1.807) is 12.1 Å². The van der Waals surface area contributed by atoms with Crippen LogP contribution in [0.5, 0.6) is 17.4 Å². The zero-order chi connectivity index (χ0) is 21.7. The number of aryl methyl sites for hydroxylation is 2. The average Bonchev–Trinajstić information content (AvgIpc) is 3.35. The predicted molar refractivity (Wildman–Crippen MR) is 113 cm³/mol. The van der Waals surface area contributed by atoms with Crippen molar-refractivity contribution in [1.82, 2.24) is 15.0 Å². The van der Waals surface area contributed by atoms with Gasteiger partial charge in [-0.2, -0.15) is 5.10 Å². The Bertz CT molecular complexity index is 1330. The highest BCUT2D eigenvalue weighted by molar-refractivity contribution is 6.03. The number of hydrogen-bond acceptors (Lipinski definition) is 7. The third-order valence-corrected chi connectivity index (χ3v) is 5.39. The Labute approximate surface area is 176 Å². The van der Waals surface area contributed by atoms with Crippen LogP contribution in [-0.2, 0) is 0 Å². The topological polar surface area (TPSA) is 118 Å². The molecule has 0 bridgehead atoms. The molecule has 1 aromatic heterocycles. The van der Waals surface area contributed by atoms with Crippen molar-refractivity contribution >= 4 is 5.71 Å². The lowest BCUT2D eigenvalue weighted by molar-refractivity contribution is 0.174. The van der Waals surface area contributed by atoms with Crippen LogP contribution in [0.3, 0.4) is 0 Å². The Morgan fingerprint density at radius 1 is 1.06 bits per heavy atom. The second-order valence-electron chi connectivity index (χ2n) is 7.70. The summed E-state index contributed by atoms with van der Waals surface area (Å²) in [7, 11) is 0. The molecule has 0 spiro atoms. The predicted octanol–water partition coefficient (Wildman–Crippen LogP) is 2.02. The maximum atomic E-state index is 12.6. The number of hydrazone groups is 1. The zero-order valence-electron chi connectivity index (χ0n) is 16.9. The number of rotatable bonds is 3. The molecule has 0 fully saturated rings. The molecule has 2 aliphatic rings. The van der Waals surface area contributed by atoms with Crippen molar-refractivity contribution in [2.24, 2.45) is 5.10 Å². The van der Waals surface area contributed by atoms with Gasteiger partial charge in [0.2, 0.25) is 12.7 Å². The molecule has 2 aromatic carbocycles. The van der Waals surface area contributed by atoms with Gasteiger partial charge in [-0.25, -0.2) is 9.36 Å². The van der Waals surface area contributed by atoms with Gasteiger partial charge < -0.3 is 20.0 Å². The average molecular weight is 420 g/mol. The minimum Gasteiger partial charge on any atom is -0.493 e. The van der Waals surface area contributed by atoms with Crippen molar-refractivity contribution in [2.75, 3.05) is 6.79 Å². The van der Waals surface area contributed by atoms with Gasteiger partial charge in [-0.15, -0.1) is 0 Å². The second kappa shape index (κ2) is 7.05. The summed E-state index contributed by atoms with van der Waals surface area (Å²) in [5, 5.41) is 15.2. The van der Waals surface area contributed by atoms with Crippen LogP contribution in [0, 0.1) is 13.8 Å². The van der Waals surface area contributed by atoms with Crippen LogP contribution in [0.15, 0.2) is 51.1 Å². The summed E-state index contributed by atoms with van der Waals surface area (Å²) in [5.41, 5.74) is 5.16. The first kappa shape index (κ1) is 19.0. The molecule has 1 unspecified atom stereocenters. The van der Waals surface area contributed by atoms with Crippen molar-refractivity contribution in [3.8, 4) is 23.1 Å². The minimum absolute atomic E-state index is 0.0329. The monoisotopic (exact) mass is 420 g/mol. The Kier molecular flexibility index (Phi) is 4.32. The molecule has 158 valence electrons. The molecule has 31 heavy (non-hydrogen) atoms. The number of aromatic nitrogens is 2. The summed E-state index contributed by atoms with van der Waals surface area (Å²) in [6, 6.07) is 10.8. The van der Waals surface area contributed by atoms with Crippen molar-refractivity contribution < 1.29 is 14.6 Å². The summed E-state index contributed by atoms with van der Waals surface area (Å²) >= 11 is 0. The molecule has 0 saturated carbocycles. The summed E-state index contributed by atoms with van der Waals surface area (Å²) < 4.78 is 11.9. The Hall–Kier alpha value is -4.01. The maximum Gasteiger partial charge on any atom is 0.335 e. The number of ether oxygens (including phenoxy) is 2. The van der Waals surface area contributed by atoms with Crippen LogP contribution < -0.4 is 26.1 Å². The molecule has 3 aromatic rings. The molecule has 0 saturated heterocycles. The van der Waals surface area contributed by atoms with Gasteiger partial charge in [0.25, 0.3) is 5.56 Å². The van der Waals surface area contributed by atoms with Gasteiger partial charge in [0.05, 0.1) is 17.4 Å². The van der Waals surface area contributed by atoms with Gasteiger partial charge in [0.1, 0.15) is 5.56 Å². The molecular weight excluding hydrogens is 400 g/mol. The molecule has 9 heteroatoms. The fourth-order valence-corrected chi connectivity index (χ4v) is 4.03. The van der Waals surface area contributed by atoms with E-state index in [2.05, 4.69) is 15.5 Å². The number of aromatic hydroxyl groups is 1. The number of nitrogens with zero attached hydrogens (tertiary/aromatic N) is 2. The standard InChI is InChI=1S/C22H20N4O5/c1-11-5-12(2)7-14(6-11)26-21(28)19(20(27)23-22(26)29)16-9-15(24-25-16)13-3-4-17-18(8-13)31-10-30-17/h3-8,15,24,28H,9-10H2,1-2H3,(H,23,27,29). The summed E-state index contributed by atoms with van der Waals surface area (Å²) in [5.74, 6) is 0.889. The van der Waals surface area contributed by atoms with Crippen molar-refractivity contribution in [3.05, 3.63) is 79.5 Å². The first-order valence-electron chi connectivity index (χ1n) is 9.79. The number of benzene rings is 2. The van der Waals surface area contributed by atoms with Gasteiger partial charge in [-0.3, -0.25) is 9.78 Å². The fourth-order valence-electron chi connectivity index (χ4n) is 4.03. The molecule has 0 amide bonds. The van der Waals surface area contributed by atoms with E-state index in [1.807, 2.05) is 38.1 Å². The number of fused-ring (bicyclic) bond motifs is 1. The van der Waals surface area contributed by atoms with E-state index in [9.17, 15) is 14.7 Å². The van der Waals surface area contributed by atoms with Crippen LogP contribution >= 0.6 is 0 Å². The molecule has 3 N–H and O–H groups in total. The van der Waals surface area contributed by atoms with Crippen LogP contribution in [0.4, 0.5) is 0 Å². The van der Waals surface area contributed by atoms with E-state index in [1.165, 1.54) is 0 Å². The van der Waals surface area contributed by atoms with Crippen molar-refractivity contribution in [3.63, 3.8) is 0 Å². The van der Waals surface area contributed by atoms with Crippen LogP contribution in [0.2, 0.25) is 0 Å². The largest absolute Gasteiger partial charge is 0.493 e. The Morgan fingerprint density at radius 2 is 1.81 bits per heavy atom. The summed E-state index contributed by atoms with van der Waals surface area (Å²) in [6.07, 6.45) is 0.349. The number of H-pyrrole nitrogens is 1. The first-order valence-corrected chi connectivity index (χ1v) is 9.79. The van der Waals surface area contributed by atoms with Crippen LogP contribution in [0.1, 0.15) is 34.7 Å². The maximum absolute atomic E-state index is 12.6. The van der Waals surface area contributed by atoms with Gasteiger partial charge in [-0.1, -0.05) is 12.1 Å². The lowest BCUT2D eigenvalue weighted by Crippen LogP contribution is -2.33. The highest BCUT2D eigenvalue weighted by atomic mass is 16.7. The van der Waals surface area contributed by atoms with E-state index in [4.69, 9.17) is 9.47 Å². The summed E-state index contributed by atoms with van der Waals surface area (Å²) in [6.45, 7) is 3.97. The van der Waals surface area contributed by atoms with Crippen molar-refractivity contribution in [2.45, 2.75) is 26.3 Å². The Balaban J connectivity index is 1.52. The third kappa shape index (κ3) is 3.24. The molecule has 0 aliphatic carbocycles. The van der Waals surface area contributed by atoms with Gasteiger partial charge in [-0.05, 0) is 54.8 Å². The number of nitrogens with one attached hydrogen (secondary N) is 2. The second-order valence-corrected chi connectivity index (χ2v) is 7.70. The molecule has 5 rings (SSSR count). The highest BCUT2D eigenvalue weighted by Crippen LogP contribution is 2.36. The van der Waals surface area contributed by atoms with E-state index >= 15 is 0 Å². The van der Waals surface area contributed by atoms with E-state index in [0.29, 0.717) is 29.3 Å². The molecular formula is C22H20N4O5. The normalized spacial score (nSPS) is 16.8. The zero-order valence-corrected chi connectivity index (χ0v) is 16.9. The smallest absolute Gasteiger partial charge is 0.335 e. The third-order valence-electron chi connectivity index (χ3n) is 5.39. The molecule has 1 atom stereocenters. The highest BCUT2D eigenvalue weighted by Gasteiger charge is 2.28. The van der Waals surface area contributed by atoms with E-state index < -0.39 is 17.1 Å². The van der Waals surface area contributed by atoms with Crippen LogP contribution in [0.25, 0.3) is 5.69 Å². The summed E-state index contributed by atoms with van der Waals surface area (Å²) in [4.78, 5) is 27.4. The van der Waals surface area contributed by atoms with E-state index in [0.717, 1.165) is 21.3 Å².